The van der Waals surface area contributed by atoms with E-state index in [4.69, 9.17) is 4.74 Å². The first-order valence-corrected chi connectivity index (χ1v) is 7.68. The van der Waals surface area contributed by atoms with E-state index in [9.17, 15) is 9.90 Å². The van der Waals surface area contributed by atoms with Crippen molar-refractivity contribution in [2.24, 2.45) is 0 Å². The van der Waals surface area contributed by atoms with Crippen LogP contribution in [0.2, 0.25) is 0 Å². The quantitative estimate of drug-likeness (QED) is 0.736. The van der Waals surface area contributed by atoms with Gasteiger partial charge in [-0.05, 0) is 48.7 Å². The molecule has 0 aromatic heterocycles. The summed E-state index contributed by atoms with van der Waals surface area (Å²) in [6.07, 6.45) is 0.719. The molecule has 23 heavy (non-hydrogen) atoms. The van der Waals surface area contributed by atoms with Crippen LogP contribution in [-0.2, 0) is 13.0 Å². The Morgan fingerprint density at radius 3 is 2.30 bits per heavy atom. The lowest BCUT2D eigenvalue weighted by Gasteiger charge is -2.09. The van der Waals surface area contributed by atoms with Crippen molar-refractivity contribution in [1.29, 1.82) is 0 Å². The van der Waals surface area contributed by atoms with E-state index in [0.29, 0.717) is 19.7 Å². The molecule has 2 aromatic carbocycles. The largest absolute Gasteiger partial charge is 0.508 e. The third-order valence-corrected chi connectivity index (χ3v) is 3.32. The first kappa shape index (κ1) is 16.7. The molecular formula is C18H22N2O3. The van der Waals surface area contributed by atoms with Crippen LogP contribution in [-0.4, -0.2) is 24.3 Å². The summed E-state index contributed by atoms with van der Waals surface area (Å²) >= 11 is 0. The summed E-state index contributed by atoms with van der Waals surface area (Å²) < 4.78 is 5.37. The molecule has 0 aliphatic carbocycles. The molecule has 2 rings (SSSR count). The van der Waals surface area contributed by atoms with E-state index in [2.05, 4.69) is 10.6 Å². The molecule has 122 valence electrons. The standard InChI is InChI=1S/C18H22N2O3/c1-2-23-17-9-5-15(6-10-17)13-20-18(22)19-12-11-14-3-7-16(21)8-4-14/h3-10,21H,2,11-13H2,1H3,(H2,19,20,22). The van der Waals surface area contributed by atoms with Gasteiger partial charge in [-0.15, -0.1) is 0 Å². The molecule has 0 atom stereocenters. The number of hydrogen-bond acceptors (Lipinski definition) is 3. The maximum Gasteiger partial charge on any atom is 0.315 e. The molecule has 0 spiro atoms. The maximum atomic E-state index is 11.7. The summed E-state index contributed by atoms with van der Waals surface area (Å²) in [5, 5.41) is 14.8. The summed E-state index contributed by atoms with van der Waals surface area (Å²) in [6, 6.07) is 14.4. The Bertz CT molecular complexity index is 609. The number of urea groups is 1. The van der Waals surface area contributed by atoms with Crippen molar-refractivity contribution in [1.82, 2.24) is 10.6 Å². The van der Waals surface area contributed by atoms with E-state index in [1.54, 1.807) is 12.1 Å². The highest BCUT2D eigenvalue weighted by Gasteiger charge is 2.01. The molecule has 5 nitrogen and oxygen atoms in total. The van der Waals surface area contributed by atoms with Crippen LogP contribution in [0.15, 0.2) is 48.5 Å². The Kier molecular flexibility index (Phi) is 6.29. The maximum absolute atomic E-state index is 11.7. The van der Waals surface area contributed by atoms with Gasteiger partial charge < -0.3 is 20.5 Å². The van der Waals surface area contributed by atoms with E-state index in [-0.39, 0.29) is 11.8 Å². The second kappa shape index (κ2) is 8.68. The Morgan fingerprint density at radius 1 is 1.00 bits per heavy atom. The average molecular weight is 314 g/mol. The number of aromatic hydroxyl groups is 1. The van der Waals surface area contributed by atoms with Gasteiger partial charge >= 0.3 is 6.03 Å². The lowest BCUT2D eigenvalue weighted by atomic mass is 10.1. The Hall–Kier alpha value is -2.69. The molecule has 5 heteroatoms. The number of carbonyl (C=O) groups is 1. The molecule has 2 aromatic rings. The minimum Gasteiger partial charge on any atom is -0.508 e. The van der Waals surface area contributed by atoms with Gasteiger partial charge in [-0.3, -0.25) is 0 Å². The summed E-state index contributed by atoms with van der Waals surface area (Å²) in [6.45, 7) is 3.59. The number of benzene rings is 2. The lowest BCUT2D eigenvalue weighted by Crippen LogP contribution is -2.36. The second-order valence-corrected chi connectivity index (χ2v) is 5.10. The van der Waals surface area contributed by atoms with Crippen LogP contribution >= 0.6 is 0 Å². The Labute approximate surface area is 136 Å². The number of nitrogens with one attached hydrogen (secondary N) is 2. The lowest BCUT2D eigenvalue weighted by molar-refractivity contribution is 0.240. The molecule has 0 saturated carbocycles. The summed E-state index contributed by atoms with van der Waals surface area (Å²) in [5.74, 6) is 1.07. The number of carbonyl (C=O) groups excluding carboxylic acids is 1. The zero-order chi connectivity index (χ0) is 16.5. The predicted octanol–water partition coefficient (Wildman–Crippen LogP) is 2.83. The van der Waals surface area contributed by atoms with Crippen LogP contribution < -0.4 is 15.4 Å². The zero-order valence-corrected chi connectivity index (χ0v) is 13.2. The first-order chi connectivity index (χ1) is 11.2. The van der Waals surface area contributed by atoms with Crippen molar-refractivity contribution >= 4 is 6.03 Å². The van der Waals surface area contributed by atoms with Gasteiger partial charge in [0, 0.05) is 13.1 Å². The number of phenols is 1. The zero-order valence-electron chi connectivity index (χ0n) is 13.2. The van der Waals surface area contributed by atoms with Gasteiger partial charge in [-0.25, -0.2) is 4.79 Å². The van der Waals surface area contributed by atoms with E-state index in [0.717, 1.165) is 23.3 Å². The topological polar surface area (TPSA) is 70.6 Å². The smallest absolute Gasteiger partial charge is 0.315 e. The molecule has 0 unspecified atom stereocenters. The monoisotopic (exact) mass is 314 g/mol. The Balaban J connectivity index is 1.67. The van der Waals surface area contributed by atoms with Gasteiger partial charge in [0.15, 0.2) is 0 Å². The van der Waals surface area contributed by atoms with E-state index in [1.807, 2.05) is 43.3 Å². The fourth-order valence-electron chi connectivity index (χ4n) is 2.10. The fraction of sp³-hybridized carbons (Fsp3) is 0.278. The van der Waals surface area contributed by atoms with Crippen molar-refractivity contribution in [3.05, 3.63) is 59.7 Å². The van der Waals surface area contributed by atoms with Crippen LogP contribution in [0.25, 0.3) is 0 Å². The van der Waals surface area contributed by atoms with E-state index < -0.39 is 0 Å². The summed E-state index contributed by atoms with van der Waals surface area (Å²) in [4.78, 5) is 11.7. The molecule has 0 bridgehead atoms. The molecule has 0 saturated heterocycles. The highest BCUT2D eigenvalue weighted by atomic mass is 16.5. The molecule has 0 aliphatic heterocycles. The van der Waals surface area contributed by atoms with Gasteiger partial charge in [0.25, 0.3) is 0 Å². The highest BCUT2D eigenvalue weighted by molar-refractivity contribution is 5.73. The van der Waals surface area contributed by atoms with Gasteiger partial charge in [-0.2, -0.15) is 0 Å². The molecule has 0 heterocycles. The number of ether oxygens (including phenoxy) is 1. The first-order valence-electron chi connectivity index (χ1n) is 7.68. The van der Waals surface area contributed by atoms with Crippen LogP contribution in [0.3, 0.4) is 0 Å². The third kappa shape index (κ3) is 5.90. The minimum atomic E-state index is -0.197. The third-order valence-electron chi connectivity index (χ3n) is 3.32. The average Bonchev–Trinajstić information content (AvgIpc) is 2.56. The number of amides is 2. The number of phenolic OH excluding ortho intramolecular Hbond substituents is 1. The molecular weight excluding hydrogens is 292 g/mol. The van der Waals surface area contributed by atoms with Crippen LogP contribution in [0.5, 0.6) is 11.5 Å². The molecule has 0 fully saturated rings. The van der Waals surface area contributed by atoms with Crippen molar-refractivity contribution in [3.63, 3.8) is 0 Å². The van der Waals surface area contributed by atoms with Crippen molar-refractivity contribution < 1.29 is 14.6 Å². The summed E-state index contributed by atoms with van der Waals surface area (Å²) in [7, 11) is 0. The summed E-state index contributed by atoms with van der Waals surface area (Å²) in [5.41, 5.74) is 2.08. The van der Waals surface area contributed by atoms with Crippen molar-refractivity contribution in [2.45, 2.75) is 19.9 Å². The minimum absolute atomic E-state index is 0.197. The van der Waals surface area contributed by atoms with E-state index >= 15 is 0 Å². The van der Waals surface area contributed by atoms with Crippen LogP contribution in [0.1, 0.15) is 18.1 Å². The second-order valence-electron chi connectivity index (χ2n) is 5.10. The van der Waals surface area contributed by atoms with E-state index in [1.165, 1.54) is 0 Å². The van der Waals surface area contributed by atoms with Crippen LogP contribution in [0.4, 0.5) is 4.79 Å². The van der Waals surface area contributed by atoms with Gasteiger partial charge in [0.1, 0.15) is 11.5 Å². The molecule has 0 aliphatic rings. The Morgan fingerprint density at radius 2 is 1.65 bits per heavy atom. The predicted molar refractivity (Wildman–Crippen MR) is 89.7 cm³/mol. The SMILES string of the molecule is CCOc1ccc(CNC(=O)NCCc2ccc(O)cc2)cc1. The fourth-order valence-corrected chi connectivity index (χ4v) is 2.10. The van der Waals surface area contributed by atoms with Gasteiger partial charge in [-0.1, -0.05) is 24.3 Å². The number of rotatable bonds is 7. The normalized spacial score (nSPS) is 10.1. The number of hydrogen-bond donors (Lipinski definition) is 3. The van der Waals surface area contributed by atoms with Crippen LogP contribution in [0, 0.1) is 0 Å². The van der Waals surface area contributed by atoms with Gasteiger partial charge in [0.2, 0.25) is 0 Å². The van der Waals surface area contributed by atoms with Crippen molar-refractivity contribution in [2.75, 3.05) is 13.2 Å². The van der Waals surface area contributed by atoms with Crippen molar-refractivity contribution in [3.8, 4) is 11.5 Å². The molecule has 0 radical (unpaired) electrons. The molecule has 2 amide bonds. The molecule has 3 N–H and O–H groups in total. The van der Waals surface area contributed by atoms with Gasteiger partial charge in [0.05, 0.1) is 6.61 Å². The highest BCUT2D eigenvalue weighted by Crippen LogP contribution is 2.12.